The van der Waals surface area contributed by atoms with Crippen LogP contribution in [0.1, 0.15) is 22.3 Å². The summed E-state index contributed by atoms with van der Waals surface area (Å²) in [6.45, 7) is 0. The molecule has 4 aromatic carbocycles. The molecule has 0 unspecified atom stereocenters. The molecule has 5 nitrogen and oxygen atoms in total. The molecule has 0 aliphatic heterocycles. The maximum atomic E-state index is 13.5. The van der Waals surface area contributed by atoms with Crippen molar-refractivity contribution in [3.63, 3.8) is 0 Å². The smallest absolute Gasteiger partial charge is 0.282 e. The van der Waals surface area contributed by atoms with Crippen molar-refractivity contribution < 1.29 is 0 Å². The van der Waals surface area contributed by atoms with E-state index in [1.54, 1.807) is 29.7 Å². The maximum Gasteiger partial charge on any atom is 0.282 e. The standard InChI is InChI=1S/C32H26N4OS/c1-35-30(37)28-29(34-31(35)38-22-24-14-6-2-7-15-24)36(23-33-28)32(25-16-8-3-9-17-25,26-18-10-4-11-19-26)27-20-12-5-13-21-27/h2-21,23H,22H2,1H3. The van der Waals surface area contributed by atoms with E-state index in [0.717, 1.165) is 16.7 Å². The molecule has 0 N–H and O–H groups in total. The number of hydrogen-bond acceptors (Lipinski definition) is 4. The van der Waals surface area contributed by atoms with Crippen LogP contribution in [0.3, 0.4) is 0 Å². The molecule has 0 bridgehead atoms. The predicted molar refractivity (Wildman–Crippen MR) is 153 cm³/mol. The lowest BCUT2D eigenvalue weighted by molar-refractivity contribution is 0.523. The van der Waals surface area contributed by atoms with Crippen molar-refractivity contribution in [3.8, 4) is 0 Å². The molecule has 2 heterocycles. The first kappa shape index (κ1) is 23.9. The van der Waals surface area contributed by atoms with Gasteiger partial charge in [0.05, 0.1) is 6.33 Å². The topological polar surface area (TPSA) is 52.7 Å². The molecule has 0 spiro atoms. The molecule has 0 atom stereocenters. The Morgan fingerprint density at radius 3 is 1.68 bits per heavy atom. The summed E-state index contributed by atoms with van der Waals surface area (Å²) in [6.07, 6.45) is 1.76. The van der Waals surface area contributed by atoms with E-state index in [2.05, 4.69) is 58.1 Å². The second kappa shape index (κ2) is 10.1. The van der Waals surface area contributed by atoms with E-state index < -0.39 is 5.54 Å². The lowest BCUT2D eigenvalue weighted by Gasteiger charge is -2.37. The minimum Gasteiger partial charge on any atom is -0.296 e. The minimum atomic E-state index is -0.792. The van der Waals surface area contributed by atoms with E-state index >= 15 is 0 Å². The molecule has 0 aliphatic carbocycles. The number of aromatic nitrogens is 4. The molecular formula is C32H26N4OS. The van der Waals surface area contributed by atoms with Gasteiger partial charge < -0.3 is 0 Å². The van der Waals surface area contributed by atoms with Crippen molar-refractivity contribution >= 4 is 22.9 Å². The second-order valence-corrected chi connectivity index (χ2v) is 10.1. The van der Waals surface area contributed by atoms with E-state index in [4.69, 9.17) is 4.98 Å². The Balaban J connectivity index is 1.64. The molecule has 186 valence electrons. The van der Waals surface area contributed by atoms with Gasteiger partial charge in [0, 0.05) is 12.8 Å². The largest absolute Gasteiger partial charge is 0.296 e. The predicted octanol–water partition coefficient (Wildman–Crippen LogP) is 6.26. The SMILES string of the molecule is Cn1c(SCc2ccccc2)nc2c(ncn2C(c2ccccc2)(c2ccccc2)c2ccccc2)c1=O. The summed E-state index contributed by atoms with van der Waals surface area (Å²) in [7, 11) is 1.76. The van der Waals surface area contributed by atoms with Crippen LogP contribution >= 0.6 is 11.8 Å². The first-order valence-corrected chi connectivity index (χ1v) is 13.5. The van der Waals surface area contributed by atoms with E-state index in [1.165, 1.54) is 5.56 Å². The van der Waals surface area contributed by atoms with Gasteiger partial charge in [-0.2, -0.15) is 0 Å². The van der Waals surface area contributed by atoms with Crippen molar-refractivity contribution in [2.45, 2.75) is 16.4 Å². The van der Waals surface area contributed by atoms with E-state index in [0.29, 0.717) is 22.1 Å². The fourth-order valence-electron chi connectivity index (χ4n) is 5.06. The molecule has 2 aromatic heterocycles. The van der Waals surface area contributed by atoms with Crippen LogP contribution in [0.15, 0.2) is 138 Å². The highest BCUT2D eigenvalue weighted by Crippen LogP contribution is 2.42. The van der Waals surface area contributed by atoms with Crippen LogP contribution < -0.4 is 5.56 Å². The zero-order valence-corrected chi connectivity index (χ0v) is 21.8. The summed E-state index contributed by atoms with van der Waals surface area (Å²) in [5.74, 6) is 0.710. The van der Waals surface area contributed by atoms with Gasteiger partial charge in [0.25, 0.3) is 5.56 Å². The minimum absolute atomic E-state index is 0.160. The zero-order chi connectivity index (χ0) is 26.0. The van der Waals surface area contributed by atoms with Gasteiger partial charge in [-0.05, 0) is 22.3 Å². The number of rotatable bonds is 7. The summed E-state index contributed by atoms with van der Waals surface area (Å²) in [5, 5.41) is 0.649. The summed E-state index contributed by atoms with van der Waals surface area (Å²) in [4.78, 5) is 23.3. The molecule has 0 saturated carbocycles. The van der Waals surface area contributed by atoms with Crippen LogP contribution in [0.5, 0.6) is 0 Å². The average molecular weight is 515 g/mol. The lowest BCUT2D eigenvalue weighted by Crippen LogP contribution is -2.37. The van der Waals surface area contributed by atoms with Crippen molar-refractivity contribution in [2.24, 2.45) is 7.05 Å². The second-order valence-electron chi connectivity index (χ2n) is 9.13. The number of nitrogens with zero attached hydrogens (tertiary/aromatic N) is 4. The van der Waals surface area contributed by atoms with Crippen LogP contribution in [0.2, 0.25) is 0 Å². The van der Waals surface area contributed by atoms with Crippen LogP contribution in [-0.4, -0.2) is 19.1 Å². The number of benzene rings is 4. The Morgan fingerprint density at radius 1 is 0.711 bits per heavy atom. The highest BCUT2D eigenvalue weighted by Gasteiger charge is 2.40. The maximum absolute atomic E-state index is 13.5. The van der Waals surface area contributed by atoms with Crippen LogP contribution in [-0.2, 0) is 18.3 Å². The highest BCUT2D eigenvalue weighted by molar-refractivity contribution is 7.98. The summed E-state index contributed by atoms with van der Waals surface area (Å²) < 4.78 is 3.67. The Morgan fingerprint density at radius 2 is 1.18 bits per heavy atom. The number of thioether (sulfide) groups is 1. The van der Waals surface area contributed by atoms with E-state index in [-0.39, 0.29) is 5.56 Å². The quantitative estimate of drug-likeness (QED) is 0.143. The number of fused-ring (bicyclic) bond motifs is 1. The summed E-state index contributed by atoms with van der Waals surface area (Å²) in [6, 6.07) is 41.3. The third-order valence-electron chi connectivity index (χ3n) is 6.88. The molecule has 0 radical (unpaired) electrons. The molecule has 6 heteroatoms. The van der Waals surface area contributed by atoms with Crippen molar-refractivity contribution in [2.75, 3.05) is 0 Å². The average Bonchev–Trinajstić information content (AvgIpc) is 3.41. The summed E-state index contributed by atoms with van der Waals surface area (Å²) in [5.41, 5.74) is 4.29. The molecule has 0 aliphatic rings. The fraction of sp³-hybridized carbons (Fsp3) is 0.0938. The van der Waals surface area contributed by atoms with Gasteiger partial charge in [-0.3, -0.25) is 13.9 Å². The Bertz CT molecular complexity index is 1630. The highest BCUT2D eigenvalue weighted by atomic mass is 32.2. The monoisotopic (exact) mass is 514 g/mol. The Hall–Kier alpha value is -4.42. The van der Waals surface area contributed by atoms with Crippen LogP contribution in [0.4, 0.5) is 0 Å². The van der Waals surface area contributed by atoms with Gasteiger partial charge in [0.15, 0.2) is 16.3 Å². The molecule has 6 rings (SSSR count). The van der Waals surface area contributed by atoms with Gasteiger partial charge in [-0.1, -0.05) is 133 Å². The van der Waals surface area contributed by atoms with E-state index in [1.807, 2.05) is 72.8 Å². The Kier molecular flexibility index (Phi) is 6.40. The molecule has 0 saturated heterocycles. The molecule has 0 amide bonds. The Labute approximate surface area is 225 Å². The third kappa shape index (κ3) is 4.03. The zero-order valence-electron chi connectivity index (χ0n) is 20.9. The molecule has 38 heavy (non-hydrogen) atoms. The van der Waals surface area contributed by atoms with Crippen LogP contribution in [0, 0.1) is 0 Å². The van der Waals surface area contributed by atoms with Gasteiger partial charge in [0.2, 0.25) is 0 Å². The summed E-state index contributed by atoms with van der Waals surface area (Å²) >= 11 is 1.55. The molecular weight excluding hydrogens is 488 g/mol. The van der Waals surface area contributed by atoms with Crippen molar-refractivity contribution in [1.82, 2.24) is 19.1 Å². The first-order chi connectivity index (χ1) is 18.7. The molecule has 6 aromatic rings. The number of hydrogen-bond donors (Lipinski definition) is 0. The van der Waals surface area contributed by atoms with Crippen molar-refractivity contribution in [1.29, 1.82) is 0 Å². The third-order valence-corrected chi connectivity index (χ3v) is 7.99. The van der Waals surface area contributed by atoms with Crippen LogP contribution in [0.25, 0.3) is 11.2 Å². The van der Waals surface area contributed by atoms with E-state index in [9.17, 15) is 4.79 Å². The van der Waals surface area contributed by atoms with Gasteiger partial charge in [-0.15, -0.1) is 0 Å². The fourth-order valence-corrected chi connectivity index (χ4v) is 5.98. The van der Waals surface area contributed by atoms with Gasteiger partial charge >= 0.3 is 0 Å². The van der Waals surface area contributed by atoms with Gasteiger partial charge in [-0.25, -0.2) is 9.97 Å². The molecule has 0 fully saturated rings. The lowest BCUT2D eigenvalue weighted by atomic mass is 9.76. The normalized spacial score (nSPS) is 11.6. The van der Waals surface area contributed by atoms with Gasteiger partial charge in [0.1, 0.15) is 5.54 Å². The van der Waals surface area contributed by atoms with Crippen molar-refractivity contribution in [3.05, 3.63) is 160 Å². The number of imidazole rings is 1. The first-order valence-electron chi connectivity index (χ1n) is 12.5.